The van der Waals surface area contributed by atoms with Crippen LogP contribution in [0.25, 0.3) is 0 Å². The average Bonchev–Trinajstić information content (AvgIpc) is 2.13. The lowest BCUT2D eigenvalue weighted by Gasteiger charge is -2.31. The Morgan fingerprint density at radius 3 is 2.00 bits per heavy atom. The summed E-state index contributed by atoms with van der Waals surface area (Å²) in [6.45, 7) is 11.4. The molecule has 0 radical (unpaired) electrons. The molecular formula is C13H23ClOSi2. The monoisotopic (exact) mass is 286 g/mol. The van der Waals surface area contributed by atoms with Crippen LogP contribution in [0.3, 0.4) is 0 Å². The summed E-state index contributed by atoms with van der Waals surface area (Å²) >= 11 is 5.88. The van der Waals surface area contributed by atoms with Crippen molar-refractivity contribution in [2.24, 2.45) is 0 Å². The predicted molar refractivity (Wildman–Crippen MR) is 81.9 cm³/mol. The normalized spacial score (nSPS) is 12.8. The van der Waals surface area contributed by atoms with Crippen molar-refractivity contribution in [2.45, 2.75) is 45.2 Å². The maximum absolute atomic E-state index is 6.32. The van der Waals surface area contributed by atoms with Gasteiger partial charge in [0.1, 0.15) is 0 Å². The fourth-order valence-corrected chi connectivity index (χ4v) is 10.0. The van der Waals surface area contributed by atoms with Gasteiger partial charge in [-0.05, 0) is 62.9 Å². The molecule has 0 aliphatic heterocycles. The van der Waals surface area contributed by atoms with Crippen LogP contribution in [-0.2, 0) is 10.5 Å². The van der Waals surface area contributed by atoms with Crippen LogP contribution in [0, 0.1) is 0 Å². The first-order valence-corrected chi connectivity index (χ1v) is 13.0. The molecule has 1 nitrogen and oxygen atoms in total. The van der Waals surface area contributed by atoms with Crippen molar-refractivity contribution < 1.29 is 4.12 Å². The summed E-state index contributed by atoms with van der Waals surface area (Å²) in [5, 5.41) is 0.809. The van der Waals surface area contributed by atoms with E-state index in [1.807, 2.05) is 12.1 Å². The summed E-state index contributed by atoms with van der Waals surface area (Å²) in [4.78, 5) is 0. The van der Waals surface area contributed by atoms with E-state index in [4.69, 9.17) is 15.7 Å². The zero-order valence-electron chi connectivity index (χ0n) is 11.5. The molecule has 0 unspecified atom stereocenters. The lowest BCUT2D eigenvalue weighted by molar-refractivity contribution is 0.547. The zero-order chi connectivity index (χ0) is 13.1. The van der Waals surface area contributed by atoms with E-state index in [-0.39, 0.29) is 0 Å². The summed E-state index contributed by atoms with van der Waals surface area (Å²) < 4.78 is 6.32. The Balaban J connectivity index is 2.52. The Labute approximate surface area is 112 Å². The second kappa shape index (κ2) is 5.70. The van der Waals surface area contributed by atoms with E-state index in [9.17, 15) is 0 Å². The van der Waals surface area contributed by atoms with E-state index >= 15 is 0 Å². The Kier molecular flexibility index (Phi) is 5.01. The number of halogens is 1. The van der Waals surface area contributed by atoms with Crippen LogP contribution in [0.4, 0.5) is 0 Å². The number of aryl methyl sites for hydroxylation is 1. The van der Waals surface area contributed by atoms with Crippen molar-refractivity contribution >= 4 is 28.2 Å². The first-order chi connectivity index (χ1) is 7.68. The molecule has 96 valence electrons. The molecule has 1 aromatic rings. The van der Waals surface area contributed by atoms with E-state index in [0.717, 1.165) is 11.4 Å². The molecule has 0 spiro atoms. The third-order valence-corrected chi connectivity index (χ3v) is 8.88. The summed E-state index contributed by atoms with van der Waals surface area (Å²) in [7, 11) is -2.91. The second-order valence-electron chi connectivity index (χ2n) is 6.10. The van der Waals surface area contributed by atoms with Gasteiger partial charge in [0.2, 0.25) is 0 Å². The van der Waals surface area contributed by atoms with Crippen LogP contribution in [-0.4, -0.2) is 16.6 Å². The fraction of sp³-hybridized carbons (Fsp3) is 0.538. The topological polar surface area (TPSA) is 9.23 Å². The molecule has 0 heterocycles. The zero-order valence-corrected chi connectivity index (χ0v) is 14.3. The van der Waals surface area contributed by atoms with Gasteiger partial charge < -0.3 is 4.12 Å². The third kappa shape index (κ3) is 6.41. The fourth-order valence-electron chi connectivity index (χ4n) is 1.98. The molecule has 0 atom stereocenters. The lowest BCUT2D eigenvalue weighted by Crippen LogP contribution is -2.42. The number of hydrogen-bond donors (Lipinski definition) is 0. The molecule has 1 rings (SSSR count). The van der Waals surface area contributed by atoms with Gasteiger partial charge in [0.05, 0.1) is 0 Å². The molecule has 0 aliphatic carbocycles. The molecule has 17 heavy (non-hydrogen) atoms. The van der Waals surface area contributed by atoms with Gasteiger partial charge in [0, 0.05) is 5.02 Å². The van der Waals surface area contributed by atoms with Gasteiger partial charge >= 0.3 is 0 Å². The molecular weight excluding hydrogens is 264 g/mol. The van der Waals surface area contributed by atoms with E-state index in [1.54, 1.807) is 0 Å². The number of benzene rings is 1. The van der Waals surface area contributed by atoms with Crippen LogP contribution in [0.1, 0.15) is 5.56 Å². The van der Waals surface area contributed by atoms with Crippen molar-refractivity contribution in [1.82, 2.24) is 0 Å². The van der Waals surface area contributed by atoms with Gasteiger partial charge in [0.15, 0.2) is 16.6 Å². The highest BCUT2D eigenvalue weighted by Gasteiger charge is 2.28. The highest BCUT2D eigenvalue weighted by Crippen LogP contribution is 2.21. The standard InChI is InChI=1S/C13H23ClOSi2/c1-16(2,3)15-17(4,5)11-10-12-6-8-13(14)9-7-12/h6-9H,10-11H2,1-5H3. The summed E-state index contributed by atoms with van der Waals surface area (Å²) in [6, 6.07) is 9.33. The SMILES string of the molecule is C[Si](C)(C)O[Si](C)(C)CCc1ccc(Cl)cc1. The summed E-state index contributed by atoms with van der Waals surface area (Å²) in [6.07, 6.45) is 1.10. The van der Waals surface area contributed by atoms with Crippen molar-refractivity contribution in [2.75, 3.05) is 0 Å². The third-order valence-electron chi connectivity index (χ3n) is 2.51. The van der Waals surface area contributed by atoms with E-state index < -0.39 is 16.6 Å². The maximum Gasteiger partial charge on any atom is 0.173 e. The lowest BCUT2D eigenvalue weighted by atomic mass is 10.2. The first kappa shape index (κ1) is 15.0. The molecule has 0 aliphatic rings. The van der Waals surface area contributed by atoms with Gasteiger partial charge in [-0.2, -0.15) is 0 Å². The van der Waals surface area contributed by atoms with E-state index in [2.05, 4.69) is 44.9 Å². The van der Waals surface area contributed by atoms with Crippen LogP contribution >= 0.6 is 11.6 Å². The van der Waals surface area contributed by atoms with Gasteiger partial charge in [-0.15, -0.1) is 0 Å². The highest BCUT2D eigenvalue weighted by atomic mass is 35.5. The second-order valence-corrected chi connectivity index (χ2v) is 15.6. The van der Waals surface area contributed by atoms with Crippen LogP contribution < -0.4 is 0 Å². The van der Waals surface area contributed by atoms with Gasteiger partial charge in [-0.1, -0.05) is 23.7 Å². The first-order valence-electron chi connectivity index (χ1n) is 6.13. The smallest absolute Gasteiger partial charge is 0.173 e. The van der Waals surface area contributed by atoms with Gasteiger partial charge in [-0.3, -0.25) is 0 Å². The largest absolute Gasteiger partial charge is 0.456 e. The van der Waals surface area contributed by atoms with E-state index in [0.29, 0.717) is 0 Å². The molecule has 0 bridgehead atoms. The van der Waals surface area contributed by atoms with Crippen molar-refractivity contribution in [3.8, 4) is 0 Å². The average molecular weight is 287 g/mol. The van der Waals surface area contributed by atoms with Gasteiger partial charge in [0.25, 0.3) is 0 Å². The highest BCUT2D eigenvalue weighted by molar-refractivity contribution is 6.84. The molecule has 1 aromatic carbocycles. The quantitative estimate of drug-likeness (QED) is 0.697. The van der Waals surface area contributed by atoms with Crippen molar-refractivity contribution in [3.05, 3.63) is 34.9 Å². The Morgan fingerprint density at radius 1 is 1.00 bits per heavy atom. The predicted octanol–water partition coefficient (Wildman–Crippen LogP) is 4.94. The molecule has 0 N–H and O–H groups in total. The molecule has 0 aromatic heterocycles. The number of hydrogen-bond acceptors (Lipinski definition) is 1. The van der Waals surface area contributed by atoms with Crippen molar-refractivity contribution in [3.63, 3.8) is 0 Å². The summed E-state index contributed by atoms with van der Waals surface area (Å²) in [5.74, 6) is 0. The van der Waals surface area contributed by atoms with E-state index in [1.165, 1.54) is 11.6 Å². The number of rotatable bonds is 5. The van der Waals surface area contributed by atoms with Crippen LogP contribution in [0.15, 0.2) is 24.3 Å². The maximum atomic E-state index is 6.32. The van der Waals surface area contributed by atoms with Crippen LogP contribution in [0.2, 0.25) is 43.8 Å². The Hall–Kier alpha value is -0.0962. The summed E-state index contributed by atoms with van der Waals surface area (Å²) in [5.41, 5.74) is 1.36. The molecule has 0 saturated carbocycles. The Morgan fingerprint density at radius 2 is 1.53 bits per heavy atom. The van der Waals surface area contributed by atoms with Crippen LogP contribution in [0.5, 0.6) is 0 Å². The molecule has 4 heteroatoms. The minimum atomic E-state index is -1.51. The minimum absolute atomic E-state index is 0.809. The van der Waals surface area contributed by atoms with Gasteiger partial charge in [-0.25, -0.2) is 0 Å². The molecule has 0 saturated heterocycles. The molecule has 0 fully saturated rings. The Bertz CT molecular complexity index is 355. The minimum Gasteiger partial charge on any atom is -0.456 e. The van der Waals surface area contributed by atoms with Crippen molar-refractivity contribution in [1.29, 1.82) is 0 Å². The molecule has 0 amide bonds.